The Morgan fingerprint density at radius 1 is 1.09 bits per heavy atom. The number of nitrogens with one attached hydrogen (secondary N) is 2. The van der Waals surface area contributed by atoms with Crippen molar-refractivity contribution in [2.75, 3.05) is 5.32 Å². The highest BCUT2D eigenvalue weighted by Crippen LogP contribution is 2.29. The summed E-state index contributed by atoms with van der Waals surface area (Å²) in [5, 5.41) is 6.48. The van der Waals surface area contributed by atoms with Crippen LogP contribution in [0, 0.1) is 11.8 Å². The normalized spacial score (nSPS) is 24.0. The highest BCUT2D eigenvalue weighted by Gasteiger charge is 2.28. The van der Waals surface area contributed by atoms with Gasteiger partial charge in [0.2, 0.25) is 11.8 Å². The Balaban J connectivity index is 1.73. The Morgan fingerprint density at radius 2 is 1.74 bits per heavy atom. The fraction of sp³-hybridized carbons (Fsp3) is 0.556. The van der Waals surface area contributed by atoms with Gasteiger partial charge in [-0.1, -0.05) is 38.3 Å². The van der Waals surface area contributed by atoms with Crippen LogP contribution in [0.2, 0.25) is 5.02 Å². The van der Waals surface area contributed by atoms with E-state index in [9.17, 15) is 9.59 Å². The van der Waals surface area contributed by atoms with Crippen molar-refractivity contribution >= 4 is 29.1 Å². The minimum absolute atomic E-state index is 0.0396. The summed E-state index contributed by atoms with van der Waals surface area (Å²) in [6, 6.07) is 7.16. The molecule has 0 heterocycles. The van der Waals surface area contributed by atoms with Gasteiger partial charge in [-0.15, -0.1) is 0 Å². The third-order valence-corrected chi connectivity index (χ3v) is 5.01. The second kappa shape index (κ2) is 8.34. The standard InChI is InChI=1S/C18H25ClN2O2/c1-12-4-3-5-16(13(12)2)21-18(23)11-10-17(22)20-15-8-6-14(19)7-9-15/h6-9,12-13,16H,3-5,10-11H2,1-2H3,(H,20,22)(H,21,23)/t12-,13+,16+/m0/s1. The van der Waals surface area contributed by atoms with Gasteiger partial charge < -0.3 is 10.6 Å². The molecule has 5 heteroatoms. The molecule has 4 nitrogen and oxygen atoms in total. The Hall–Kier alpha value is -1.55. The summed E-state index contributed by atoms with van der Waals surface area (Å²) in [6.45, 7) is 4.44. The van der Waals surface area contributed by atoms with Gasteiger partial charge in [0.25, 0.3) is 0 Å². The lowest BCUT2D eigenvalue weighted by molar-refractivity contribution is -0.125. The predicted octanol–water partition coefficient (Wildman–Crippen LogP) is 4.00. The van der Waals surface area contributed by atoms with Crippen molar-refractivity contribution < 1.29 is 9.59 Å². The number of carbonyl (C=O) groups is 2. The number of hydrogen-bond donors (Lipinski definition) is 2. The average molecular weight is 337 g/mol. The topological polar surface area (TPSA) is 58.2 Å². The van der Waals surface area contributed by atoms with Crippen molar-refractivity contribution in [3.05, 3.63) is 29.3 Å². The second-order valence-electron chi connectivity index (χ2n) is 6.50. The second-order valence-corrected chi connectivity index (χ2v) is 6.93. The van der Waals surface area contributed by atoms with Crippen LogP contribution in [-0.4, -0.2) is 17.9 Å². The molecule has 1 fully saturated rings. The lowest BCUT2D eigenvalue weighted by Gasteiger charge is -2.34. The molecule has 0 bridgehead atoms. The maximum absolute atomic E-state index is 12.1. The highest BCUT2D eigenvalue weighted by molar-refractivity contribution is 6.30. The van der Waals surface area contributed by atoms with E-state index < -0.39 is 0 Å². The molecule has 2 rings (SSSR count). The predicted molar refractivity (Wildman–Crippen MR) is 93.4 cm³/mol. The molecule has 1 aromatic carbocycles. The molecule has 0 radical (unpaired) electrons. The number of halogens is 1. The molecule has 1 aromatic rings. The number of rotatable bonds is 5. The van der Waals surface area contributed by atoms with E-state index in [1.165, 1.54) is 6.42 Å². The van der Waals surface area contributed by atoms with Gasteiger partial charge in [-0.2, -0.15) is 0 Å². The van der Waals surface area contributed by atoms with Crippen LogP contribution < -0.4 is 10.6 Å². The molecule has 0 aliphatic heterocycles. The van der Waals surface area contributed by atoms with Crippen LogP contribution in [0.3, 0.4) is 0 Å². The molecule has 3 atom stereocenters. The zero-order chi connectivity index (χ0) is 16.8. The molecule has 1 aliphatic carbocycles. The van der Waals surface area contributed by atoms with Crippen LogP contribution in [-0.2, 0) is 9.59 Å². The lowest BCUT2D eigenvalue weighted by Crippen LogP contribution is -2.43. The molecule has 2 amide bonds. The van der Waals surface area contributed by atoms with Crippen molar-refractivity contribution in [2.24, 2.45) is 11.8 Å². The van der Waals surface area contributed by atoms with Crippen LogP contribution in [0.5, 0.6) is 0 Å². The molecular formula is C18H25ClN2O2. The fourth-order valence-electron chi connectivity index (χ4n) is 3.05. The molecular weight excluding hydrogens is 312 g/mol. The summed E-state index contributed by atoms with van der Waals surface area (Å²) in [6.07, 6.45) is 3.83. The third-order valence-electron chi connectivity index (χ3n) is 4.76. The van der Waals surface area contributed by atoms with Gasteiger partial charge >= 0.3 is 0 Å². The summed E-state index contributed by atoms with van der Waals surface area (Å²) in [5.41, 5.74) is 0.689. The first-order chi connectivity index (χ1) is 11.0. The van der Waals surface area contributed by atoms with Crippen molar-refractivity contribution in [3.63, 3.8) is 0 Å². The van der Waals surface area contributed by atoms with E-state index in [0.29, 0.717) is 22.5 Å². The molecule has 0 unspecified atom stereocenters. The van der Waals surface area contributed by atoms with Crippen LogP contribution in [0.25, 0.3) is 0 Å². The van der Waals surface area contributed by atoms with Crippen LogP contribution in [0.1, 0.15) is 46.0 Å². The molecule has 23 heavy (non-hydrogen) atoms. The first-order valence-corrected chi connectivity index (χ1v) is 8.68. The van der Waals surface area contributed by atoms with Gasteiger partial charge in [0.1, 0.15) is 0 Å². The van der Waals surface area contributed by atoms with E-state index in [4.69, 9.17) is 11.6 Å². The van der Waals surface area contributed by atoms with E-state index in [-0.39, 0.29) is 30.7 Å². The third kappa shape index (κ3) is 5.54. The highest BCUT2D eigenvalue weighted by atomic mass is 35.5. The summed E-state index contributed by atoms with van der Waals surface area (Å²) >= 11 is 5.80. The fourth-order valence-corrected chi connectivity index (χ4v) is 3.17. The zero-order valence-electron chi connectivity index (χ0n) is 13.8. The molecule has 2 N–H and O–H groups in total. The molecule has 126 valence electrons. The summed E-state index contributed by atoms with van der Waals surface area (Å²) in [7, 11) is 0. The summed E-state index contributed by atoms with van der Waals surface area (Å²) in [5.74, 6) is 0.938. The first kappa shape index (κ1) is 17.8. The minimum atomic E-state index is -0.160. The minimum Gasteiger partial charge on any atom is -0.353 e. The number of amides is 2. The first-order valence-electron chi connectivity index (χ1n) is 8.30. The Labute approximate surface area is 143 Å². The Kier molecular flexibility index (Phi) is 6.46. The maximum atomic E-state index is 12.1. The van der Waals surface area contributed by atoms with Crippen molar-refractivity contribution in [3.8, 4) is 0 Å². The largest absolute Gasteiger partial charge is 0.353 e. The lowest BCUT2D eigenvalue weighted by atomic mass is 9.78. The average Bonchev–Trinajstić information content (AvgIpc) is 2.52. The summed E-state index contributed by atoms with van der Waals surface area (Å²) < 4.78 is 0. The number of hydrogen-bond acceptors (Lipinski definition) is 2. The van der Waals surface area contributed by atoms with E-state index in [1.54, 1.807) is 24.3 Å². The molecule has 0 spiro atoms. The summed E-state index contributed by atoms with van der Waals surface area (Å²) in [4.78, 5) is 23.9. The van der Waals surface area contributed by atoms with Gasteiger partial charge in [-0.25, -0.2) is 0 Å². The molecule has 0 aromatic heterocycles. The smallest absolute Gasteiger partial charge is 0.224 e. The van der Waals surface area contributed by atoms with Crippen molar-refractivity contribution in [1.82, 2.24) is 5.32 Å². The van der Waals surface area contributed by atoms with Gasteiger partial charge in [-0.3, -0.25) is 9.59 Å². The van der Waals surface area contributed by atoms with Gasteiger partial charge in [0, 0.05) is 29.6 Å². The number of carbonyl (C=O) groups excluding carboxylic acids is 2. The molecule has 0 saturated heterocycles. The van der Waals surface area contributed by atoms with E-state index >= 15 is 0 Å². The van der Waals surface area contributed by atoms with Gasteiger partial charge in [0.05, 0.1) is 0 Å². The van der Waals surface area contributed by atoms with Crippen molar-refractivity contribution in [1.29, 1.82) is 0 Å². The van der Waals surface area contributed by atoms with E-state index in [0.717, 1.165) is 12.8 Å². The zero-order valence-corrected chi connectivity index (χ0v) is 14.5. The molecule has 1 aliphatic rings. The SMILES string of the molecule is C[C@@H]1[C@@H](C)CCC[C@H]1NC(=O)CCC(=O)Nc1ccc(Cl)cc1. The number of anilines is 1. The Morgan fingerprint density at radius 3 is 2.43 bits per heavy atom. The van der Waals surface area contributed by atoms with Crippen LogP contribution in [0.15, 0.2) is 24.3 Å². The Bertz CT molecular complexity index is 544. The van der Waals surface area contributed by atoms with Crippen LogP contribution >= 0.6 is 11.6 Å². The number of benzene rings is 1. The van der Waals surface area contributed by atoms with Crippen molar-refractivity contribution in [2.45, 2.75) is 52.0 Å². The van der Waals surface area contributed by atoms with Gasteiger partial charge in [0.15, 0.2) is 0 Å². The van der Waals surface area contributed by atoms with E-state index in [2.05, 4.69) is 24.5 Å². The quantitative estimate of drug-likeness (QED) is 0.853. The van der Waals surface area contributed by atoms with E-state index in [1.807, 2.05) is 0 Å². The molecule has 1 saturated carbocycles. The van der Waals surface area contributed by atoms with Crippen LogP contribution in [0.4, 0.5) is 5.69 Å². The van der Waals surface area contributed by atoms with Gasteiger partial charge in [-0.05, 0) is 42.5 Å². The maximum Gasteiger partial charge on any atom is 0.224 e. The monoisotopic (exact) mass is 336 g/mol.